The monoisotopic (exact) mass is 309 g/mol. The minimum absolute atomic E-state index is 0.130. The molecule has 0 spiro atoms. The van der Waals surface area contributed by atoms with Crippen LogP contribution in [0.3, 0.4) is 0 Å². The fourth-order valence-electron chi connectivity index (χ4n) is 2.54. The van der Waals surface area contributed by atoms with Crippen molar-refractivity contribution in [3.05, 3.63) is 23.2 Å². The van der Waals surface area contributed by atoms with Gasteiger partial charge in [0.15, 0.2) is 0 Å². The number of ether oxygens (including phenoxy) is 1. The summed E-state index contributed by atoms with van der Waals surface area (Å²) in [6.07, 6.45) is 1.52. The zero-order valence-corrected chi connectivity index (χ0v) is 12.2. The number of rotatable bonds is 1. The van der Waals surface area contributed by atoms with E-state index >= 15 is 0 Å². The molecule has 112 valence electrons. The third-order valence-corrected chi connectivity index (χ3v) is 3.85. The summed E-state index contributed by atoms with van der Waals surface area (Å²) in [5.41, 5.74) is 0.627. The molecule has 0 aliphatic carbocycles. The summed E-state index contributed by atoms with van der Waals surface area (Å²) in [4.78, 5) is 25.7. The molecule has 0 saturated carbocycles. The van der Waals surface area contributed by atoms with Gasteiger partial charge in [0.25, 0.3) is 0 Å². The number of carbonyl (C=O) groups excluding carboxylic acids is 2. The SMILES string of the molecule is O=C1NCCC[C@@H]1NC(=O)N1CCOc2ccc(Cl)cc21. The van der Waals surface area contributed by atoms with Crippen LogP contribution in [0.4, 0.5) is 10.5 Å². The Kier molecular flexibility index (Phi) is 3.88. The van der Waals surface area contributed by atoms with E-state index in [0.29, 0.717) is 42.6 Å². The molecule has 3 amide bonds. The van der Waals surface area contributed by atoms with Gasteiger partial charge in [0, 0.05) is 11.6 Å². The first-order valence-corrected chi connectivity index (χ1v) is 7.31. The smallest absolute Gasteiger partial charge is 0.322 e. The lowest BCUT2D eigenvalue weighted by Gasteiger charge is -2.32. The minimum atomic E-state index is -0.475. The Balaban J connectivity index is 1.77. The molecule has 2 aliphatic heterocycles. The van der Waals surface area contributed by atoms with Gasteiger partial charge >= 0.3 is 6.03 Å². The molecule has 2 N–H and O–H groups in total. The number of carbonyl (C=O) groups is 2. The van der Waals surface area contributed by atoms with Gasteiger partial charge in [-0.15, -0.1) is 0 Å². The maximum atomic E-state index is 12.4. The van der Waals surface area contributed by atoms with E-state index in [2.05, 4.69) is 10.6 Å². The number of piperidine rings is 1. The van der Waals surface area contributed by atoms with Crippen LogP contribution in [-0.2, 0) is 4.79 Å². The third-order valence-electron chi connectivity index (χ3n) is 3.61. The standard InChI is InChI=1S/C14H16ClN3O3/c15-9-3-4-12-11(8-9)18(6-7-21-12)14(20)17-10-2-1-5-16-13(10)19/h3-4,8,10H,1-2,5-7H2,(H,16,19)(H,17,20)/t10-/m0/s1. The maximum Gasteiger partial charge on any atom is 0.322 e. The van der Waals surface area contributed by atoms with Crippen LogP contribution < -0.4 is 20.3 Å². The lowest BCUT2D eigenvalue weighted by atomic mass is 10.1. The Bertz CT molecular complexity index is 579. The summed E-state index contributed by atoms with van der Waals surface area (Å²) in [5.74, 6) is 0.489. The number of urea groups is 1. The average molecular weight is 310 g/mol. The molecular formula is C14H16ClN3O3. The molecule has 1 saturated heterocycles. The van der Waals surface area contributed by atoms with Crippen LogP contribution in [0.1, 0.15) is 12.8 Å². The number of hydrogen-bond acceptors (Lipinski definition) is 3. The van der Waals surface area contributed by atoms with Gasteiger partial charge in [-0.3, -0.25) is 9.69 Å². The van der Waals surface area contributed by atoms with E-state index < -0.39 is 6.04 Å². The molecule has 0 radical (unpaired) electrons. The fraction of sp³-hybridized carbons (Fsp3) is 0.429. The summed E-state index contributed by atoms with van der Waals surface area (Å²) in [7, 11) is 0. The van der Waals surface area contributed by atoms with Crippen molar-refractivity contribution in [3.8, 4) is 5.75 Å². The first-order chi connectivity index (χ1) is 10.1. The summed E-state index contributed by atoms with van der Waals surface area (Å²) < 4.78 is 5.51. The third kappa shape index (κ3) is 2.90. The van der Waals surface area contributed by atoms with Gasteiger partial charge in [-0.1, -0.05) is 11.6 Å². The van der Waals surface area contributed by atoms with Gasteiger partial charge in [0.05, 0.1) is 12.2 Å². The molecule has 0 unspecified atom stereocenters. The van der Waals surface area contributed by atoms with Gasteiger partial charge in [-0.25, -0.2) is 4.79 Å². The molecule has 1 atom stereocenters. The Morgan fingerprint density at radius 1 is 1.48 bits per heavy atom. The molecule has 6 nitrogen and oxygen atoms in total. The van der Waals surface area contributed by atoms with Gasteiger partial charge < -0.3 is 15.4 Å². The second-order valence-electron chi connectivity index (χ2n) is 5.05. The van der Waals surface area contributed by atoms with Crippen molar-refractivity contribution >= 4 is 29.2 Å². The van der Waals surface area contributed by atoms with Gasteiger partial charge in [0.1, 0.15) is 18.4 Å². The van der Waals surface area contributed by atoms with Crippen molar-refractivity contribution in [2.24, 2.45) is 0 Å². The van der Waals surface area contributed by atoms with Crippen LogP contribution in [0.5, 0.6) is 5.75 Å². The molecule has 1 aromatic rings. The molecule has 2 heterocycles. The number of fused-ring (bicyclic) bond motifs is 1. The number of anilines is 1. The molecule has 7 heteroatoms. The molecule has 2 aliphatic rings. The lowest BCUT2D eigenvalue weighted by molar-refractivity contribution is -0.124. The number of amides is 3. The lowest BCUT2D eigenvalue weighted by Crippen LogP contribution is -2.54. The van der Waals surface area contributed by atoms with E-state index in [0.717, 1.165) is 6.42 Å². The zero-order valence-electron chi connectivity index (χ0n) is 11.4. The van der Waals surface area contributed by atoms with E-state index in [4.69, 9.17) is 16.3 Å². The van der Waals surface area contributed by atoms with Gasteiger partial charge in [-0.2, -0.15) is 0 Å². The van der Waals surface area contributed by atoms with Crippen molar-refractivity contribution in [2.45, 2.75) is 18.9 Å². The molecule has 1 aromatic carbocycles. The second-order valence-corrected chi connectivity index (χ2v) is 5.48. The highest BCUT2D eigenvalue weighted by Crippen LogP contribution is 2.34. The van der Waals surface area contributed by atoms with Crippen molar-refractivity contribution in [3.63, 3.8) is 0 Å². The molecule has 0 aromatic heterocycles. The Morgan fingerprint density at radius 2 is 2.33 bits per heavy atom. The summed E-state index contributed by atoms with van der Waals surface area (Å²) in [6.45, 7) is 1.51. The van der Waals surface area contributed by atoms with Gasteiger partial charge in [0.2, 0.25) is 5.91 Å². The van der Waals surface area contributed by atoms with Crippen molar-refractivity contribution in [1.29, 1.82) is 0 Å². The predicted octanol–water partition coefficient (Wildman–Crippen LogP) is 1.53. The second kappa shape index (κ2) is 5.81. The number of halogens is 1. The van der Waals surface area contributed by atoms with Crippen molar-refractivity contribution in [2.75, 3.05) is 24.6 Å². The maximum absolute atomic E-state index is 12.4. The molecule has 1 fully saturated rings. The highest BCUT2D eigenvalue weighted by Gasteiger charge is 2.29. The van der Waals surface area contributed by atoms with Crippen LogP contribution in [0, 0.1) is 0 Å². The van der Waals surface area contributed by atoms with E-state index in [9.17, 15) is 9.59 Å². The highest BCUT2D eigenvalue weighted by atomic mass is 35.5. The first kappa shape index (κ1) is 14.0. The van der Waals surface area contributed by atoms with E-state index in [1.807, 2.05) is 0 Å². The number of hydrogen-bond donors (Lipinski definition) is 2. The van der Waals surface area contributed by atoms with Crippen LogP contribution >= 0.6 is 11.6 Å². The van der Waals surface area contributed by atoms with E-state index in [1.54, 1.807) is 23.1 Å². The Labute approximate surface area is 127 Å². The fourth-order valence-corrected chi connectivity index (χ4v) is 2.70. The highest BCUT2D eigenvalue weighted by molar-refractivity contribution is 6.31. The van der Waals surface area contributed by atoms with Crippen LogP contribution in [-0.4, -0.2) is 37.7 Å². The quantitative estimate of drug-likeness (QED) is 0.826. The van der Waals surface area contributed by atoms with Crippen LogP contribution in [0.15, 0.2) is 18.2 Å². The predicted molar refractivity (Wildman–Crippen MR) is 78.9 cm³/mol. The Morgan fingerprint density at radius 3 is 3.14 bits per heavy atom. The summed E-state index contributed by atoms with van der Waals surface area (Å²) >= 11 is 5.98. The minimum Gasteiger partial charge on any atom is -0.490 e. The summed E-state index contributed by atoms with van der Waals surface area (Å²) in [6, 6.07) is 4.37. The zero-order chi connectivity index (χ0) is 14.8. The van der Waals surface area contributed by atoms with E-state index in [1.165, 1.54) is 0 Å². The number of nitrogens with one attached hydrogen (secondary N) is 2. The molecular weight excluding hydrogens is 294 g/mol. The van der Waals surface area contributed by atoms with Gasteiger partial charge in [-0.05, 0) is 31.0 Å². The topological polar surface area (TPSA) is 70.7 Å². The molecule has 0 bridgehead atoms. The summed E-state index contributed by atoms with van der Waals surface area (Å²) in [5, 5.41) is 6.06. The Hall–Kier alpha value is -1.95. The van der Waals surface area contributed by atoms with Crippen molar-refractivity contribution < 1.29 is 14.3 Å². The molecule has 21 heavy (non-hydrogen) atoms. The normalized spacial score (nSPS) is 21.1. The van der Waals surface area contributed by atoms with Crippen molar-refractivity contribution in [1.82, 2.24) is 10.6 Å². The van der Waals surface area contributed by atoms with Crippen LogP contribution in [0.2, 0.25) is 5.02 Å². The number of benzene rings is 1. The average Bonchev–Trinajstić information content (AvgIpc) is 2.49. The molecule has 3 rings (SSSR count). The first-order valence-electron chi connectivity index (χ1n) is 6.93. The number of nitrogens with zero attached hydrogens (tertiary/aromatic N) is 1. The largest absolute Gasteiger partial charge is 0.490 e. The van der Waals surface area contributed by atoms with E-state index in [-0.39, 0.29) is 11.9 Å². The van der Waals surface area contributed by atoms with Crippen LogP contribution in [0.25, 0.3) is 0 Å².